The van der Waals surface area contributed by atoms with E-state index in [1.807, 2.05) is 0 Å². The zero-order chi connectivity index (χ0) is 14.2. The van der Waals surface area contributed by atoms with Gasteiger partial charge in [0, 0.05) is 11.5 Å². The average Bonchev–Trinajstić information content (AvgIpc) is 2.67. The minimum atomic E-state index is 0.246. The van der Waals surface area contributed by atoms with Crippen LogP contribution in [0.3, 0.4) is 0 Å². The number of hydrogen-bond donors (Lipinski definition) is 2. The highest BCUT2D eigenvalue weighted by Crippen LogP contribution is 2.28. The van der Waals surface area contributed by atoms with Crippen molar-refractivity contribution in [1.29, 1.82) is 0 Å². The van der Waals surface area contributed by atoms with E-state index in [4.69, 9.17) is 11.6 Å². The lowest BCUT2D eigenvalue weighted by Crippen LogP contribution is -2.16. The molecule has 4 nitrogen and oxygen atoms in total. The van der Waals surface area contributed by atoms with E-state index < -0.39 is 0 Å². The molecule has 4 N–H and O–H groups in total. The third kappa shape index (κ3) is 2.43. The molecule has 0 aliphatic rings. The Morgan fingerprint density at radius 2 is 1.58 bits per heavy atom. The van der Waals surface area contributed by atoms with E-state index in [9.17, 15) is 0 Å². The maximum Gasteiger partial charge on any atom is 0.150 e. The van der Waals surface area contributed by atoms with Crippen LogP contribution in [0.25, 0.3) is 11.3 Å². The molecular formula is C15H22N4. The highest BCUT2D eigenvalue weighted by Gasteiger charge is 2.16. The first-order valence-corrected chi connectivity index (χ1v) is 6.65. The molecule has 19 heavy (non-hydrogen) atoms. The van der Waals surface area contributed by atoms with Crippen LogP contribution >= 0.6 is 0 Å². The van der Waals surface area contributed by atoms with Crippen molar-refractivity contribution in [1.82, 2.24) is 9.66 Å². The van der Waals surface area contributed by atoms with Gasteiger partial charge in [-0.3, -0.25) is 0 Å². The number of imidazole rings is 1. The Hall–Kier alpha value is -1.97. The summed E-state index contributed by atoms with van der Waals surface area (Å²) in [6, 6.07) is 8.34. The predicted molar refractivity (Wildman–Crippen MR) is 80.4 cm³/mol. The number of rotatable bonds is 3. The molecule has 2 rings (SSSR count). The Morgan fingerprint density at radius 3 is 2.00 bits per heavy atom. The zero-order valence-electron chi connectivity index (χ0n) is 12.0. The summed E-state index contributed by atoms with van der Waals surface area (Å²) in [6.45, 7) is 8.46. The minimum absolute atomic E-state index is 0.246. The van der Waals surface area contributed by atoms with Crippen LogP contribution < -0.4 is 11.6 Å². The van der Waals surface area contributed by atoms with Gasteiger partial charge in [-0.05, 0) is 11.5 Å². The summed E-state index contributed by atoms with van der Waals surface area (Å²) in [5.74, 6) is 8.03. The molecule has 102 valence electrons. The second-order valence-electron chi connectivity index (χ2n) is 5.51. The van der Waals surface area contributed by atoms with Gasteiger partial charge in [0.1, 0.15) is 11.5 Å². The number of aromatic nitrogens is 2. The van der Waals surface area contributed by atoms with Gasteiger partial charge in [0.05, 0.1) is 0 Å². The van der Waals surface area contributed by atoms with Gasteiger partial charge in [0.25, 0.3) is 0 Å². The lowest BCUT2D eigenvalue weighted by Gasteiger charge is -2.06. The van der Waals surface area contributed by atoms with Crippen molar-refractivity contribution in [2.75, 3.05) is 11.6 Å². The quantitative estimate of drug-likeness (QED) is 0.831. The second kappa shape index (κ2) is 4.96. The van der Waals surface area contributed by atoms with Crippen molar-refractivity contribution in [2.24, 2.45) is 0 Å². The number of nitrogens with zero attached hydrogens (tertiary/aromatic N) is 2. The van der Waals surface area contributed by atoms with E-state index in [1.54, 1.807) is 0 Å². The van der Waals surface area contributed by atoms with Crippen LogP contribution in [0.2, 0.25) is 0 Å². The molecule has 1 heterocycles. The normalized spacial score (nSPS) is 11.5. The number of nitrogen functional groups attached to an aromatic ring is 2. The van der Waals surface area contributed by atoms with Crippen molar-refractivity contribution >= 4 is 5.82 Å². The Bertz CT molecular complexity index is 565. The molecule has 0 bridgehead atoms. The van der Waals surface area contributed by atoms with Gasteiger partial charge in [-0.1, -0.05) is 52.0 Å². The molecule has 0 aliphatic carbocycles. The smallest absolute Gasteiger partial charge is 0.150 e. The molecule has 0 spiro atoms. The standard InChI is InChI=1S/C15H22N4/c1-9(2)11-5-7-12(8-6-11)13-14(16)19(17)15(18-13)10(3)4/h5-10H,16-17H2,1-4H3. The van der Waals surface area contributed by atoms with Gasteiger partial charge in [0.2, 0.25) is 0 Å². The van der Waals surface area contributed by atoms with Gasteiger partial charge in [-0.2, -0.15) is 0 Å². The number of nitrogens with two attached hydrogens (primary N) is 2. The van der Waals surface area contributed by atoms with Gasteiger partial charge < -0.3 is 11.6 Å². The van der Waals surface area contributed by atoms with E-state index in [0.717, 1.165) is 17.1 Å². The molecule has 0 saturated carbocycles. The molecule has 0 unspecified atom stereocenters. The molecule has 0 atom stereocenters. The van der Waals surface area contributed by atoms with E-state index in [0.29, 0.717) is 11.7 Å². The summed E-state index contributed by atoms with van der Waals surface area (Å²) < 4.78 is 1.48. The number of anilines is 1. The van der Waals surface area contributed by atoms with Crippen LogP contribution in [-0.4, -0.2) is 9.66 Å². The lowest BCUT2D eigenvalue weighted by atomic mass is 10.0. The molecule has 4 heteroatoms. The van der Waals surface area contributed by atoms with Crippen LogP contribution in [-0.2, 0) is 0 Å². The molecule has 2 aromatic rings. The summed E-state index contributed by atoms with van der Waals surface area (Å²) >= 11 is 0. The lowest BCUT2D eigenvalue weighted by molar-refractivity contribution is 0.739. The molecule has 1 aromatic heterocycles. The minimum Gasteiger partial charge on any atom is -0.382 e. The van der Waals surface area contributed by atoms with Gasteiger partial charge in [-0.25, -0.2) is 9.66 Å². The van der Waals surface area contributed by atoms with Gasteiger partial charge in [-0.15, -0.1) is 0 Å². The maximum atomic E-state index is 6.05. The fraction of sp³-hybridized carbons (Fsp3) is 0.400. The average molecular weight is 258 g/mol. The second-order valence-corrected chi connectivity index (χ2v) is 5.51. The summed E-state index contributed by atoms with van der Waals surface area (Å²) in [7, 11) is 0. The molecule has 0 saturated heterocycles. The third-order valence-electron chi connectivity index (χ3n) is 3.34. The topological polar surface area (TPSA) is 69.9 Å². The Kier molecular flexibility index (Phi) is 3.51. The van der Waals surface area contributed by atoms with Crippen molar-refractivity contribution in [3.8, 4) is 11.3 Å². The maximum absolute atomic E-state index is 6.05. The molecule has 0 radical (unpaired) electrons. The SMILES string of the molecule is CC(C)c1ccc(-c2nc(C(C)C)n(N)c2N)cc1. The summed E-state index contributed by atoms with van der Waals surface area (Å²) in [4.78, 5) is 4.57. The third-order valence-corrected chi connectivity index (χ3v) is 3.34. The van der Waals surface area contributed by atoms with Crippen molar-refractivity contribution in [3.63, 3.8) is 0 Å². The van der Waals surface area contributed by atoms with Crippen molar-refractivity contribution in [2.45, 2.75) is 39.5 Å². The van der Waals surface area contributed by atoms with Gasteiger partial charge in [0.15, 0.2) is 5.82 Å². The molecule has 1 aromatic carbocycles. The molecule has 0 aliphatic heterocycles. The van der Waals surface area contributed by atoms with Crippen LogP contribution in [0.1, 0.15) is 50.9 Å². The van der Waals surface area contributed by atoms with Crippen molar-refractivity contribution in [3.05, 3.63) is 35.7 Å². The Balaban J connectivity index is 2.44. The largest absolute Gasteiger partial charge is 0.382 e. The van der Waals surface area contributed by atoms with E-state index >= 15 is 0 Å². The van der Waals surface area contributed by atoms with Crippen LogP contribution in [0.15, 0.2) is 24.3 Å². The fourth-order valence-corrected chi connectivity index (χ4v) is 2.11. The number of hydrogen-bond acceptors (Lipinski definition) is 3. The Morgan fingerprint density at radius 1 is 1.00 bits per heavy atom. The summed E-state index contributed by atoms with van der Waals surface area (Å²) in [5, 5.41) is 0. The number of benzene rings is 1. The first-order valence-electron chi connectivity index (χ1n) is 6.65. The molecular weight excluding hydrogens is 236 g/mol. The highest BCUT2D eigenvalue weighted by atomic mass is 15.4. The van der Waals surface area contributed by atoms with Crippen molar-refractivity contribution < 1.29 is 0 Å². The fourth-order valence-electron chi connectivity index (χ4n) is 2.11. The monoisotopic (exact) mass is 258 g/mol. The van der Waals surface area contributed by atoms with E-state index in [-0.39, 0.29) is 5.92 Å². The molecule has 0 fully saturated rings. The summed E-state index contributed by atoms with van der Waals surface area (Å²) in [5.41, 5.74) is 9.12. The van der Waals surface area contributed by atoms with E-state index in [2.05, 4.69) is 56.9 Å². The predicted octanol–water partition coefficient (Wildman–Crippen LogP) is 3.09. The first-order chi connectivity index (χ1) is 8.91. The van der Waals surface area contributed by atoms with Crippen LogP contribution in [0, 0.1) is 0 Å². The molecule has 0 amide bonds. The zero-order valence-corrected chi connectivity index (χ0v) is 12.0. The van der Waals surface area contributed by atoms with E-state index in [1.165, 1.54) is 10.2 Å². The highest BCUT2D eigenvalue weighted by molar-refractivity contribution is 5.71. The van der Waals surface area contributed by atoms with Crippen LogP contribution in [0.5, 0.6) is 0 Å². The Labute approximate surface area is 114 Å². The van der Waals surface area contributed by atoms with Gasteiger partial charge >= 0.3 is 0 Å². The summed E-state index contributed by atoms with van der Waals surface area (Å²) in [6.07, 6.45) is 0. The van der Waals surface area contributed by atoms with Crippen LogP contribution in [0.4, 0.5) is 5.82 Å². The first kappa shape index (κ1) is 13.5.